The van der Waals surface area contributed by atoms with Gasteiger partial charge in [-0.05, 0) is 50.5 Å². The van der Waals surface area contributed by atoms with Crippen LogP contribution in [0.2, 0.25) is 0 Å². The van der Waals surface area contributed by atoms with Crippen molar-refractivity contribution in [2.45, 2.75) is 39.0 Å². The summed E-state index contributed by atoms with van der Waals surface area (Å²) >= 11 is 0. The smallest absolute Gasteiger partial charge is 0.222 e. The standard InChI is InChI=1S/C23H37N5O2/c1-3-24-23(25-13-7-15-27-14-6-4-5-8-22(27)29)28-18-16-26(17-19-28)20-9-11-21(30-2)12-10-20/h9-12H,3-8,13-19H2,1-2H3,(H,24,25). The zero-order valence-electron chi connectivity index (χ0n) is 18.6. The first-order valence-electron chi connectivity index (χ1n) is 11.4. The van der Waals surface area contributed by atoms with E-state index >= 15 is 0 Å². The lowest BCUT2D eigenvalue weighted by molar-refractivity contribution is -0.130. The molecule has 166 valence electrons. The van der Waals surface area contributed by atoms with Crippen molar-refractivity contribution in [3.8, 4) is 5.75 Å². The highest BCUT2D eigenvalue weighted by Crippen LogP contribution is 2.20. The van der Waals surface area contributed by atoms with Gasteiger partial charge in [0.1, 0.15) is 5.75 Å². The lowest BCUT2D eigenvalue weighted by atomic mass is 10.2. The van der Waals surface area contributed by atoms with Gasteiger partial charge in [-0.1, -0.05) is 6.42 Å². The van der Waals surface area contributed by atoms with Crippen LogP contribution in [0.15, 0.2) is 29.3 Å². The molecule has 0 atom stereocenters. The maximum absolute atomic E-state index is 12.1. The molecule has 1 aromatic carbocycles. The largest absolute Gasteiger partial charge is 0.497 e. The number of nitrogens with one attached hydrogen (secondary N) is 1. The molecular weight excluding hydrogens is 378 g/mol. The van der Waals surface area contributed by atoms with Crippen molar-refractivity contribution in [1.82, 2.24) is 15.1 Å². The van der Waals surface area contributed by atoms with Gasteiger partial charge in [-0.2, -0.15) is 0 Å². The van der Waals surface area contributed by atoms with Gasteiger partial charge in [0.15, 0.2) is 5.96 Å². The van der Waals surface area contributed by atoms with Crippen LogP contribution in [0.1, 0.15) is 39.0 Å². The molecule has 7 nitrogen and oxygen atoms in total. The van der Waals surface area contributed by atoms with Crippen LogP contribution in [0.3, 0.4) is 0 Å². The van der Waals surface area contributed by atoms with E-state index in [4.69, 9.17) is 9.73 Å². The fourth-order valence-corrected chi connectivity index (χ4v) is 4.12. The normalized spacial score (nSPS) is 18.4. The average molecular weight is 416 g/mol. The number of carbonyl (C=O) groups excluding carboxylic acids is 1. The van der Waals surface area contributed by atoms with Crippen molar-refractivity contribution < 1.29 is 9.53 Å². The molecule has 0 spiro atoms. The average Bonchev–Trinajstić information content (AvgIpc) is 3.00. The number of carbonyl (C=O) groups is 1. The van der Waals surface area contributed by atoms with Crippen LogP contribution in [-0.2, 0) is 4.79 Å². The Morgan fingerprint density at radius 1 is 1.07 bits per heavy atom. The van der Waals surface area contributed by atoms with Crippen LogP contribution in [0.4, 0.5) is 5.69 Å². The quantitative estimate of drug-likeness (QED) is 0.421. The van der Waals surface area contributed by atoms with E-state index < -0.39 is 0 Å². The fraction of sp³-hybridized carbons (Fsp3) is 0.652. The second-order valence-corrected chi connectivity index (χ2v) is 7.95. The minimum absolute atomic E-state index is 0.318. The van der Waals surface area contributed by atoms with Crippen LogP contribution in [0.5, 0.6) is 5.75 Å². The molecule has 2 aliphatic rings. The third kappa shape index (κ3) is 6.28. The summed E-state index contributed by atoms with van der Waals surface area (Å²) in [5, 5.41) is 3.44. The van der Waals surface area contributed by atoms with Crippen LogP contribution in [-0.4, -0.2) is 81.1 Å². The van der Waals surface area contributed by atoms with E-state index in [1.165, 1.54) is 12.1 Å². The molecule has 1 N–H and O–H groups in total. The third-order valence-electron chi connectivity index (χ3n) is 5.87. The monoisotopic (exact) mass is 415 g/mol. The molecule has 0 bridgehead atoms. The third-order valence-corrected chi connectivity index (χ3v) is 5.87. The van der Waals surface area contributed by atoms with E-state index in [0.29, 0.717) is 12.3 Å². The van der Waals surface area contributed by atoms with E-state index in [0.717, 1.165) is 83.3 Å². The first kappa shape index (κ1) is 22.2. The van der Waals surface area contributed by atoms with Gasteiger partial charge in [0, 0.05) is 64.5 Å². The van der Waals surface area contributed by atoms with Crippen LogP contribution in [0, 0.1) is 0 Å². The molecular formula is C23H37N5O2. The van der Waals surface area contributed by atoms with Gasteiger partial charge in [0.05, 0.1) is 7.11 Å². The number of guanidine groups is 1. The number of rotatable bonds is 7. The molecule has 0 unspecified atom stereocenters. The minimum Gasteiger partial charge on any atom is -0.497 e. The Balaban J connectivity index is 1.47. The summed E-state index contributed by atoms with van der Waals surface area (Å²) in [4.78, 5) is 23.8. The molecule has 2 saturated heterocycles. The Morgan fingerprint density at radius 3 is 2.53 bits per heavy atom. The number of amides is 1. The summed E-state index contributed by atoms with van der Waals surface area (Å²) in [5.41, 5.74) is 1.24. The Labute approximate surface area is 181 Å². The zero-order valence-corrected chi connectivity index (χ0v) is 18.6. The summed E-state index contributed by atoms with van der Waals surface area (Å²) in [5.74, 6) is 2.20. The number of hydrogen-bond donors (Lipinski definition) is 1. The molecule has 7 heteroatoms. The molecule has 2 fully saturated rings. The van der Waals surface area contributed by atoms with Gasteiger partial charge in [-0.15, -0.1) is 0 Å². The molecule has 30 heavy (non-hydrogen) atoms. The van der Waals surface area contributed by atoms with Crippen LogP contribution >= 0.6 is 0 Å². The second-order valence-electron chi connectivity index (χ2n) is 7.95. The number of hydrogen-bond acceptors (Lipinski definition) is 4. The summed E-state index contributed by atoms with van der Waals surface area (Å²) in [6, 6.07) is 8.28. The minimum atomic E-state index is 0.318. The van der Waals surface area contributed by atoms with Gasteiger partial charge in [-0.25, -0.2) is 0 Å². The first-order valence-corrected chi connectivity index (χ1v) is 11.4. The van der Waals surface area contributed by atoms with E-state index in [-0.39, 0.29) is 0 Å². The van der Waals surface area contributed by atoms with Gasteiger partial charge in [0.2, 0.25) is 5.91 Å². The topological polar surface area (TPSA) is 60.4 Å². The molecule has 0 aliphatic carbocycles. The number of likely N-dealkylation sites (tertiary alicyclic amines) is 1. The van der Waals surface area contributed by atoms with Crippen LogP contribution in [0.25, 0.3) is 0 Å². The number of piperazine rings is 1. The maximum atomic E-state index is 12.1. The Bertz CT molecular complexity index is 683. The molecule has 3 rings (SSSR count). The Morgan fingerprint density at radius 2 is 1.83 bits per heavy atom. The molecule has 2 heterocycles. The SMILES string of the molecule is CCNC(=NCCCN1CCCCCC1=O)N1CCN(c2ccc(OC)cc2)CC1. The molecule has 1 aromatic rings. The Kier molecular flexibility index (Phi) is 8.66. The Hall–Kier alpha value is -2.44. The van der Waals surface area contributed by atoms with E-state index in [2.05, 4.69) is 34.2 Å². The lowest BCUT2D eigenvalue weighted by Crippen LogP contribution is -2.52. The highest BCUT2D eigenvalue weighted by molar-refractivity contribution is 5.80. The summed E-state index contributed by atoms with van der Waals surface area (Å²) in [7, 11) is 1.70. The predicted molar refractivity (Wildman–Crippen MR) is 122 cm³/mol. The first-order chi connectivity index (χ1) is 14.7. The van der Waals surface area contributed by atoms with Crippen molar-refractivity contribution in [2.75, 3.05) is 64.4 Å². The number of methoxy groups -OCH3 is 1. The van der Waals surface area contributed by atoms with Crippen molar-refractivity contribution >= 4 is 17.6 Å². The number of ether oxygens (including phenoxy) is 1. The summed E-state index contributed by atoms with van der Waals surface area (Å²) in [6.45, 7) is 9.30. The molecule has 0 saturated carbocycles. The zero-order chi connectivity index (χ0) is 21.2. The van der Waals surface area contributed by atoms with Crippen molar-refractivity contribution in [3.05, 3.63) is 24.3 Å². The van der Waals surface area contributed by atoms with E-state index in [1.54, 1.807) is 7.11 Å². The fourth-order valence-electron chi connectivity index (χ4n) is 4.12. The van der Waals surface area contributed by atoms with Crippen molar-refractivity contribution in [3.63, 3.8) is 0 Å². The van der Waals surface area contributed by atoms with Gasteiger partial charge < -0.3 is 24.8 Å². The molecule has 0 radical (unpaired) electrons. The second kappa shape index (κ2) is 11.7. The van der Waals surface area contributed by atoms with E-state index in [1.807, 2.05) is 17.0 Å². The van der Waals surface area contributed by atoms with Crippen molar-refractivity contribution in [1.29, 1.82) is 0 Å². The maximum Gasteiger partial charge on any atom is 0.222 e. The lowest BCUT2D eigenvalue weighted by Gasteiger charge is -2.37. The summed E-state index contributed by atoms with van der Waals surface area (Å²) in [6.07, 6.45) is 4.99. The molecule has 2 aliphatic heterocycles. The molecule has 0 aromatic heterocycles. The van der Waals surface area contributed by atoms with E-state index in [9.17, 15) is 4.79 Å². The highest BCUT2D eigenvalue weighted by atomic mass is 16.5. The van der Waals surface area contributed by atoms with Gasteiger partial charge >= 0.3 is 0 Å². The van der Waals surface area contributed by atoms with Gasteiger partial charge in [0.25, 0.3) is 0 Å². The highest BCUT2D eigenvalue weighted by Gasteiger charge is 2.20. The number of nitrogens with zero attached hydrogens (tertiary/aromatic N) is 4. The van der Waals surface area contributed by atoms with Gasteiger partial charge in [-0.3, -0.25) is 9.79 Å². The summed E-state index contributed by atoms with van der Waals surface area (Å²) < 4.78 is 5.26. The van der Waals surface area contributed by atoms with Crippen LogP contribution < -0.4 is 15.0 Å². The number of anilines is 1. The van der Waals surface area contributed by atoms with Crippen molar-refractivity contribution in [2.24, 2.45) is 4.99 Å². The molecule has 1 amide bonds. The number of benzene rings is 1. The predicted octanol–water partition coefficient (Wildman–Crippen LogP) is 2.58. The number of aliphatic imine (C=N–C) groups is 1.